The Kier molecular flexibility index (Phi) is 7.19. The summed E-state index contributed by atoms with van der Waals surface area (Å²) in [6, 6.07) is 18.9. The third kappa shape index (κ3) is 5.29. The van der Waals surface area contributed by atoms with E-state index in [0.717, 1.165) is 0 Å². The van der Waals surface area contributed by atoms with Gasteiger partial charge in [0.2, 0.25) is 0 Å². The summed E-state index contributed by atoms with van der Waals surface area (Å²) in [4.78, 5) is 0. The van der Waals surface area contributed by atoms with E-state index in [2.05, 4.69) is 0 Å². The SMILES string of the molecule is Cc1cccc(P(OCC(F)(F)F)(OCC(F)(F)F)(c2cccc(C)c2)c2cccc(C)c2)c1. The maximum atomic E-state index is 13.6. The van der Waals surface area contributed by atoms with E-state index in [4.69, 9.17) is 9.05 Å². The van der Waals surface area contributed by atoms with E-state index >= 15 is 0 Å². The topological polar surface area (TPSA) is 18.5 Å². The zero-order valence-corrected chi connectivity index (χ0v) is 19.8. The molecule has 0 spiro atoms. The van der Waals surface area contributed by atoms with Crippen LogP contribution in [0.25, 0.3) is 0 Å². The van der Waals surface area contributed by atoms with Gasteiger partial charge in [-0.2, -0.15) is 0 Å². The Labute approximate surface area is 194 Å². The van der Waals surface area contributed by atoms with Crippen LogP contribution in [0.4, 0.5) is 26.3 Å². The van der Waals surface area contributed by atoms with Crippen molar-refractivity contribution in [2.45, 2.75) is 33.1 Å². The summed E-state index contributed by atoms with van der Waals surface area (Å²) in [5, 5.41) is 0.363. The van der Waals surface area contributed by atoms with E-state index in [-0.39, 0.29) is 15.9 Å². The van der Waals surface area contributed by atoms with Gasteiger partial charge in [-0.25, -0.2) is 0 Å². The Morgan fingerprint density at radius 2 is 0.853 bits per heavy atom. The number of benzene rings is 3. The molecule has 0 atom stereocenters. The number of alkyl halides is 6. The quantitative estimate of drug-likeness (QED) is 0.274. The first-order valence-corrected chi connectivity index (χ1v) is 12.5. The first-order valence-electron chi connectivity index (χ1n) is 10.4. The van der Waals surface area contributed by atoms with Gasteiger partial charge in [0.25, 0.3) is 0 Å². The summed E-state index contributed by atoms with van der Waals surface area (Å²) in [5.74, 6) is 0. The van der Waals surface area contributed by atoms with E-state index in [9.17, 15) is 26.3 Å². The molecular formula is C25H25F6O2P. The van der Waals surface area contributed by atoms with Crippen molar-refractivity contribution in [3.63, 3.8) is 0 Å². The number of halogens is 6. The Bertz CT molecular complexity index is 1020. The summed E-state index contributed by atoms with van der Waals surface area (Å²) in [6.07, 6.45) is -9.63. The molecule has 0 bridgehead atoms. The van der Waals surface area contributed by atoms with Gasteiger partial charge in [0, 0.05) is 0 Å². The Morgan fingerprint density at radius 1 is 0.559 bits per heavy atom. The minimum absolute atomic E-state index is 0.121. The molecule has 0 heterocycles. The van der Waals surface area contributed by atoms with E-state index in [1.807, 2.05) is 0 Å². The van der Waals surface area contributed by atoms with Gasteiger partial charge in [0.05, 0.1) is 0 Å². The van der Waals surface area contributed by atoms with Gasteiger partial charge in [0.1, 0.15) is 0 Å². The molecule has 34 heavy (non-hydrogen) atoms. The summed E-state index contributed by atoms with van der Waals surface area (Å²) in [7, 11) is -5.26. The molecule has 0 aromatic heterocycles. The average molecular weight is 502 g/mol. The van der Waals surface area contributed by atoms with Crippen LogP contribution in [-0.4, -0.2) is 25.6 Å². The number of aryl methyl sites for hydroxylation is 3. The molecule has 0 aliphatic rings. The minimum atomic E-state index is -5.26. The fourth-order valence-electron chi connectivity index (χ4n) is 3.97. The fraction of sp³-hybridized carbons (Fsp3) is 0.280. The van der Waals surface area contributed by atoms with Crippen LogP contribution < -0.4 is 15.9 Å². The second-order valence-electron chi connectivity index (χ2n) is 8.25. The third-order valence-electron chi connectivity index (χ3n) is 5.36. The van der Waals surface area contributed by atoms with Gasteiger partial charge in [-0.1, -0.05) is 0 Å². The van der Waals surface area contributed by atoms with Gasteiger partial charge < -0.3 is 0 Å². The van der Waals surface area contributed by atoms with E-state index in [1.54, 1.807) is 57.2 Å². The zero-order chi connectivity index (χ0) is 25.2. The van der Waals surface area contributed by atoms with Crippen molar-refractivity contribution < 1.29 is 35.4 Å². The van der Waals surface area contributed by atoms with Gasteiger partial charge in [0.15, 0.2) is 0 Å². The van der Waals surface area contributed by atoms with Crippen LogP contribution in [0, 0.1) is 20.8 Å². The third-order valence-corrected chi connectivity index (χ3v) is 10.3. The van der Waals surface area contributed by atoms with E-state index < -0.39 is 32.6 Å². The monoisotopic (exact) mass is 502 g/mol. The number of hydrogen-bond acceptors (Lipinski definition) is 2. The van der Waals surface area contributed by atoms with Crippen molar-refractivity contribution in [1.82, 2.24) is 0 Å². The predicted octanol–water partition coefficient (Wildman–Crippen LogP) is 6.43. The first kappa shape index (κ1) is 26.2. The Morgan fingerprint density at radius 3 is 1.09 bits per heavy atom. The van der Waals surface area contributed by atoms with Crippen molar-refractivity contribution in [3.05, 3.63) is 89.5 Å². The summed E-state index contributed by atoms with van der Waals surface area (Å²) in [5.41, 5.74) is 1.91. The molecule has 0 fully saturated rings. The van der Waals surface area contributed by atoms with Crippen LogP contribution in [0.3, 0.4) is 0 Å². The van der Waals surface area contributed by atoms with Crippen LogP contribution in [-0.2, 0) is 9.05 Å². The van der Waals surface area contributed by atoms with Crippen LogP contribution in [0.15, 0.2) is 72.8 Å². The molecule has 0 aliphatic carbocycles. The van der Waals surface area contributed by atoms with Crippen molar-refractivity contribution >= 4 is 23.0 Å². The normalized spacial score (nSPS) is 14.0. The van der Waals surface area contributed by atoms with Gasteiger partial charge >= 0.3 is 194 Å². The molecule has 0 N–H and O–H groups in total. The van der Waals surface area contributed by atoms with E-state index in [0.29, 0.717) is 16.7 Å². The van der Waals surface area contributed by atoms with Crippen LogP contribution >= 0.6 is 7.06 Å². The number of rotatable bonds is 7. The summed E-state index contributed by atoms with van der Waals surface area (Å²) < 4.78 is 93.4. The zero-order valence-electron chi connectivity index (χ0n) is 18.9. The van der Waals surface area contributed by atoms with Crippen LogP contribution in [0.2, 0.25) is 0 Å². The van der Waals surface area contributed by atoms with Crippen molar-refractivity contribution in [3.8, 4) is 0 Å². The predicted molar refractivity (Wildman–Crippen MR) is 123 cm³/mol. The molecule has 0 amide bonds. The molecule has 0 unspecified atom stereocenters. The van der Waals surface area contributed by atoms with Gasteiger partial charge in [-0.15, -0.1) is 0 Å². The molecule has 0 saturated heterocycles. The second-order valence-corrected chi connectivity index (χ2v) is 12.2. The summed E-state index contributed by atoms with van der Waals surface area (Å²) >= 11 is 0. The van der Waals surface area contributed by atoms with Crippen LogP contribution in [0.1, 0.15) is 16.7 Å². The van der Waals surface area contributed by atoms with Crippen molar-refractivity contribution in [2.24, 2.45) is 0 Å². The molecular weight excluding hydrogens is 477 g/mol. The molecule has 0 aliphatic heterocycles. The number of hydrogen-bond donors (Lipinski definition) is 0. The van der Waals surface area contributed by atoms with E-state index in [1.165, 1.54) is 36.4 Å². The molecule has 9 heteroatoms. The molecule has 3 aromatic carbocycles. The average Bonchev–Trinajstić information content (AvgIpc) is 2.73. The van der Waals surface area contributed by atoms with Crippen LogP contribution in [0.5, 0.6) is 0 Å². The fourth-order valence-corrected chi connectivity index (χ4v) is 9.00. The molecule has 2 nitrogen and oxygen atoms in total. The van der Waals surface area contributed by atoms with Crippen molar-refractivity contribution in [2.75, 3.05) is 13.2 Å². The Balaban J connectivity index is 2.55. The first-order chi connectivity index (χ1) is 15.7. The molecule has 184 valence electrons. The molecule has 0 saturated carbocycles. The summed E-state index contributed by atoms with van der Waals surface area (Å²) in [6.45, 7) is 1.52. The standard InChI is InChI=1S/C25H25F6O2P/c1-18-7-4-10-21(13-18)34(32-16-24(26,27)28,33-17-25(29,30)31,22-11-5-8-19(2)14-22)23-12-6-9-20(3)15-23/h4-15H,16-17H2,1-3H3. The van der Waals surface area contributed by atoms with Gasteiger partial charge in [-0.3, -0.25) is 0 Å². The maximum absolute atomic E-state index is 13.6. The molecule has 3 aromatic rings. The van der Waals surface area contributed by atoms with Crippen molar-refractivity contribution in [1.29, 1.82) is 0 Å². The van der Waals surface area contributed by atoms with Gasteiger partial charge in [-0.05, 0) is 0 Å². The molecule has 0 radical (unpaired) electrons. The Hall–Kier alpha value is -2.41. The molecule has 3 rings (SSSR count). The second kappa shape index (κ2) is 9.33.